The second kappa shape index (κ2) is 11.1. The quantitative estimate of drug-likeness (QED) is 0.247. The Morgan fingerprint density at radius 2 is 1.79 bits per heavy atom. The zero-order chi connectivity index (χ0) is 26.6. The van der Waals surface area contributed by atoms with Gasteiger partial charge in [-0.1, -0.05) is 30.3 Å². The highest BCUT2D eigenvalue weighted by Crippen LogP contribution is 2.27. The maximum Gasteiger partial charge on any atom is 0.251 e. The number of aromatic nitrogens is 4. The minimum atomic E-state index is -0.153. The van der Waals surface area contributed by atoms with Crippen LogP contribution in [-0.4, -0.2) is 44.7 Å². The highest BCUT2D eigenvalue weighted by Gasteiger charge is 2.20. The van der Waals surface area contributed by atoms with Crippen molar-refractivity contribution in [2.24, 2.45) is 7.05 Å². The first kappa shape index (κ1) is 25.5. The normalized spacial score (nSPS) is 12.3. The second-order valence-electron chi connectivity index (χ2n) is 9.67. The smallest absolute Gasteiger partial charge is 0.251 e. The predicted octanol–water partition coefficient (Wildman–Crippen LogP) is 5.34. The molecule has 5 aromatic rings. The van der Waals surface area contributed by atoms with Gasteiger partial charge in [0.25, 0.3) is 5.91 Å². The Hall–Kier alpha value is -4.17. The summed E-state index contributed by atoms with van der Waals surface area (Å²) in [5.74, 6) is 2.32. The molecule has 1 amide bonds. The Bertz CT molecular complexity index is 1540. The first-order valence-electron chi connectivity index (χ1n) is 12.9. The second-order valence-corrected chi connectivity index (χ2v) is 9.67. The maximum absolute atomic E-state index is 12.9. The average molecular weight is 512 g/mol. The van der Waals surface area contributed by atoms with Crippen LogP contribution in [0.15, 0.2) is 66.7 Å². The van der Waals surface area contributed by atoms with E-state index in [9.17, 15) is 4.79 Å². The molecule has 0 fully saturated rings. The fraction of sp³-hybridized carbons (Fsp3) is 0.300. The van der Waals surface area contributed by atoms with E-state index in [0.29, 0.717) is 25.3 Å². The van der Waals surface area contributed by atoms with E-state index in [4.69, 9.17) is 19.4 Å². The van der Waals surface area contributed by atoms with Crippen LogP contribution in [0.3, 0.4) is 0 Å². The van der Waals surface area contributed by atoms with Crippen LogP contribution in [0.5, 0.6) is 5.75 Å². The lowest BCUT2D eigenvalue weighted by molar-refractivity contribution is 0.0640. The molecule has 38 heavy (non-hydrogen) atoms. The summed E-state index contributed by atoms with van der Waals surface area (Å²) in [6, 6.07) is 21.4. The van der Waals surface area contributed by atoms with Gasteiger partial charge in [0.15, 0.2) is 0 Å². The van der Waals surface area contributed by atoms with Crippen molar-refractivity contribution < 1.29 is 14.3 Å². The van der Waals surface area contributed by atoms with E-state index in [-0.39, 0.29) is 17.9 Å². The summed E-state index contributed by atoms with van der Waals surface area (Å²) >= 11 is 0. The monoisotopic (exact) mass is 511 g/mol. The molecule has 2 heterocycles. The molecule has 1 atom stereocenters. The van der Waals surface area contributed by atoms with Gasteiger partial charge in [-0.25, -0.2) is 9.97 Å². The number of ether oxygens (including phenoxy) is 2. The number of hydrogen-bond acceptors (Lipinski definition) is 5. The zero-order valence-corrected chi connectivity index (χ0v) is 22.2. The van der Waals surface area contributed by atoms with Crippen molar-refractivity contribution in [2.45, 2.75) is 39.4 Å². The van der Waals surface area contributed by atoms with E-state index in [0.717, 1.165) is 45.0 Å². The minimum absolute atomic E-state index is 0.0389. The molecule has 0 bridgehead atoms. The minimum Gasteiger partial charge on any atom is -0.491 e. The molecule has 3 aromatic carbocycles. The molecule has 8 heteroatoms. The molecule has 0 radical (unpaired) electrons. The number of benzene rings is 3. The molecule has 5 rings (SSSR count). The largest absolute Gasteiger partial charge is 0.491 e. The number of aromatic amines is 1. The van der Waals surface area contributed by atoms with Crippen LogP contribution in [0, 0.1) is 0 Å². The molecular formula is C30H33N5O3. The van der Waals surface area contributed by atoms with Crippen LogP contribution in [0.4, 0.5) is 0 Å². The lowest BCUT2D eigenvalue weighted by Crippen LogP contribution is -2.28. The van der Waals surface area contributed by atoms with E-state index >= 15 is 0 Å². The summed E-state index contributed by atoms with van der Waals surface area (Å²) in [6.07, 6.45) is 0.142. The molecule has 0 aliphatic carbocycles. The third-order valence-corrected chi connectivity index (χ3v) is 6.57. The first-order valence-corrected chi connectivity index (χ1v) is 12.9. The Kier molecular flexibility index (Phi) is 7.42. The molecule has 1 unspecified atom stereocenters. The Labute approximate surface area is 222 Å². The fourth-order valence-corrected chi connectivity index (χ4v) is 4.48. The molecule has 0 saturated carbocycles. The van der Waals surface area contributed by atoms with E-state index in [2.05, 4.69) is 17.2 Å². The number of amides is 1. The topological polar surface area (TPSA) is 94.1 Å². The molecule has 0 spiro atoms. The van der Waals surface area contributed by atoms with Crippen molar-refractivity contribution in [3.05, 3.63) is 89.5 Å². The number of hydrogen-bond donors (Lipinski definition) is 2. The van der Waals surface area contributed by atoms with E-state index in [1.165, 1.54) is 0 Å². The summed E-state index contributed by atoms with van der Waals surface area (Å²) in [7, 11) is 1.97. The summed E-state index contributed by atoms with van der Waals surface area (Å²) in [6.45, 7) is 7.32. The molecule has 2 aromatic heterocycles. The summed E-state index contributed by atoms with van der Waals surface area (Å²) < 4.78 is 13.7. The zero-order valence-electron chi connectivity index (χ0n) is 22.2. The SMILES string of the molecule is CC(C)OCc1ccccc1OCCNC(=O)c1ccc2nc(C(C)c3nc4ccccc4[nH]3)n(C)c2c1. The van der Waals surface area contributed by atoms with Crippen LogP contribution in [-0.2, 0) is 18.4 Å². The molecule has 0 aliphatic rings. The fourth-order valence-electron chi connectivity index (χ4n) is 4.48. The first-order chi connectivity index (χ1) is 18.4. The van der Waals surface area contributed by atoms with E-state index in [1.807, 2.05) is 86.1 Å². The van der Waals surface area contributed by atoms with Gasteiger partial charge >= 0.3 is 0 Å². The average Bonchev–Trinajstić information content (AvgIpc) is 3.51. The van der Waals surface area contributed by atoms with Crippen LogP contribution in [0.25, 0.3) is 22.1 Å². The highest BCUT2D eigenvalue weighted by atomic mass is 16.5. The molecule has 8 nitrogen and oxygen atoms in total. The number of aryl methyl sites for hydroxylation is 1. The molecular weight excluding hydrogens is 478 g/mol. The molecule has 0 aliphatic heterocycles. The Balaban J connectivity index is 1.23. The van der Waals surface area contributed by atoms with Crippen molar-refractivity contribution in [1.82, 2.24) is 24.8 Å². The van der Waals surface area contributed by atoms with Gasteiger partial charge in [0, 0.05) is 18.2 Å². The van der Waals surface area contributed by atoms with Crippen molar-refractivity contribution in [1.29, 1.82) is 0 Å². The van der Waals surface area contributed by atoms with Crippen LogP contribution >= 0.6 is 0 Å². The standard InChI is InChI=1S/C30H33N5O3/c1-19(2)38-18-22-9-5-8-12-27(22)37-16-15-31-30(36)21-13-14-25-26(17-21)35(4)29(34-25)20(3)28-32-23-10-6-7-11-24(23)33-28/h5-14,17,19-20H,15-16,18H2,1-4H3,(H,31,36)(H,32,33). The highest BCUT2D eigenvalue weighted by molar-refractivity contribution is 5.97. The number of nitrogens with zero attached hydrogens (tertiary/aromatic N) is 3. The number of nitrogens with one attached hydrogen (secondary N) is 2. The van der Waals surface area contributed by atoms with E-state index < -0.39 is 0 Å². The van der Waals surface area contributed by atoms with Gasteiger partial charge in [-0.2, -0.15) is 0 Å². The lowest BCUT2D eigenvalue weighted by Gasteiger charge is -2.13. The van der Waals surface area contributed by atoms with Gasteiger partial charge in [0.1, 0.15) is 24.0 Å². The van der Waals surface area contributed by atoms with Gasteiger partial charge in [0.05, 0.1) is 47.2 Å². The third kappa shape index (κ3) is 5.40. The molecule has 0 saturated heterocycles. The number of para-hydroxylation sites is 3. The van der Waals surface area contributed by atoms with Gasteiger partial charge < -0.3 is 24.3 Å². The number of H-pyrrole nitrogens is 1. The summed E-state index contributed by atoms with van der Waals surface area (Å²) in [5.41, 5.74) is 5.24. The third-order valence-electron chi connectivity index (χ3n) is 6.57. The number of rotatable bonds is 10. The number of carbonyl (C=O) groups is 1. The molecule has 2 N–H and O–H groups in total. The lowest BCUT2D eigenvalue weighted by atomic mass is 10.1. The summed E-state index contributed by atoms with van der Waals surface area (Å²) in [4.78, 5) is 25.9. The van der Waals surface area contributed by atoms with Gasteiger partial charge in [-0.05, 0) is 57.2 Å². The van der Waals surface area contributed by atoms with Crippen molar-refractivity contribution >= 4 is 28.0 Å². The van der Waals surface area contributed by atoms with Crippen LogP contribution in [0.1, 0.15) is 54.3 Å². The van der Waals surface area contributed by atoms with E-state index in [1.54, 1.807) is 6.07 Å². The number of fused-ring (bicyclic) bond motifs is 2. The number of imidazole rings is 2. The van der Waals surface area contributed by atoms with Gasteiger partial charge in [-0.3, -0.25) is 4.79 Å². The number of carbonyl (C=O) groups excluding carboxylic acids is 1. The van der Waals surface area contributed by atoms with Gasteiger partial charge in [-0.15, -0.1) is 0 Å². The molecule has 196 valence electrons. The van der Waals surface area contributed by atoms with Gasteiger partial charge in [0.2, 0.25) is 0 Å². The van der Waals surface area contributed by atoms with Crippen molar-refractivity contribution in [3.63, 3.8) is 0 Å². The van der Waals surface area contributed by atoms with Crippen LogP contribution in [0.2, 0.25) is 0 Å². The Morgan fingerprint density at radius 1 is 1.00 bits per heavy atom. The van der Waals surface area contributed by atoms with Crippen LogP contribution < -0.4 is 10.1 Å². The van der Waals surface area contributed by atoms with Crippen molar-refractivity contribution in [3.8, 4) is 5.75 Å². The maximum atomic E-state index is 12.9. The Morgan fingerprint density at radius 3 is 2.61 bits per heavy atom. The van der Waals surface area contributed by atoms with Crippen molar-refractivity contribution in [2.75, 3.05) is 13.2 Å². The summed E-state index contributed by atoms with van der Waals surface area (Å²) in [5, 5.41) is 2.95. The predicted molar refractivity (Wildman–Crippen MR) is 149 cm³/mol.